The number of nitrogens with one attached hydrogen (secondary N) is 1. The highest BCUT2D eigenvalue weighted by molar-refractivity contribution is 9.10. The summed E-state index contributed by atoms with van der Waals surface area (Å²) in [5, 5.41) is 2.83. The summed E-state index contributed by atoms with van der Waals surface area (Å²) in [6, 6.07) is 8.83. The van der Waals surface area contributed by atoms with Crippen molar-refractivity contribution < 1.29 is 9.18 Å². The van der Waals surface area contributed by atoms with E-state index < -0.39 is 11.7 Å². The van der Waals surface area contributed by atoms with Gasteiger partial charge in [0.2, 0.25) is 0 Å². The van der Waals surface area contributed by atoms with Crippen LogP contribution in [0.15, 0.2) is 40.9 Å². The molecular formula is C14H9BrClFN2OS. The van der Waals surface area contributed by atoms with Crippen LogP contribution in [0.5, 0.6) is 0 Å². The highest BCUT2D eigenvalue weighted by Gasteiger charge is 2.14. The van der Waals surface area contributed by atoms with Gasteiger partial charge >= 0.3 is 0 Å². The third-order valence-electron chi connectivity index (χ3n) is 2.68. The van der Waals surface area contributed by atoms with Crippen LogP contribution in [-0.2, 0) is 0 Å². The zero-order chi connectivity index (χ0) is 15.6. The Bertz CT molecular complexity index is 739. The van der Waals surface area contributed by atoms with Crippen molar-refractivity contribution in [3.63, 3.8) is 0 Å². The van der Waals surface area contributed by atoms with Crippen molar-refractivity contribution in [2.75, 3.05) is 5.32 Å². The Morgan fingerprint density at radius 3 is 2.57 bits per heavy atom. The molecule has 0 bridgehead atoms. The van der Waals surface area contributed by atoms with Gasteiger partial charge in [0.1, 0.15) is 10.8 Å². The fraction of sp³-hybridized carbons (Fsp3) is 0. The molecule has 3 N–H and O–H groups in total. The molecule has 0 aliphatic heterocycles. The zero-order valence-corrected chi connectivity index (χ0v) is 13.7. The standard InChI is InChI=1S/C14H9BrClFN2OS/c15-10-5-7(13(18)21)1-4-12(10)19-14(20)9-3-2-8(16)6-11(9)17/h1-6H,(H2,18,21)(H,19,20). The van der Waals surface area contributed by atoms with Crippen molar-refractivity contribution in [2.24, 2.45) is 5.73 Å². The van der Waals surface area contributed by atoms with Crippen LogP contribution in [0, 0.1) is 5.82 Å². The summed E-state index contributed by atoms with van der Waals surface area (Å²) in [6.07, 6.45) is 0. The minimum Gasteiger partial charge on any atom is -0.389 e. The average Bonchev–Trinajstić information content (AvgIpc) is 2.40. The first kappa shape index (κ1) is 15.9. The molecular weight excluding hydrogens is 379 g/mol. The van der Waals surface area contributed by atoms with Crippen LogP contribution in [0.25, 0.3) is 0 Å². The van der Waals surface area contributed by atoms with Crippen LogP contribution in [0.3, 0.4) is 0 Å². The minimum atomic E-state index is -0.684. The van der Waals surface area contributed by atoms with E-state index in [1.54, 1.807) is 18.2 Å². The van der Waals surface area contributed by atoms with Gasteiger partial charge < -0.3 is 11.1 Å². The first-order chi connectivity index (χ1) is 9.88. The third kappa shape index (κ3) is 3.78. The molecule has 0 saturated carbocycles. The minimum absolute atomic E-state index is 0.0928. The Balaban J connectivity index is 2.25. The summed E-state index contributed by atoms with van der Waals surface area (Å²) in [5.41, 5.74) is 6.57. The number of halogens is 3. The number of carbonyl (C=O) groups is 1. The third-order valence-corrected chi connectivity index (χ3v) is 3.80. The molecule has 2 aromatic rings. The second-order valence-electron chi connectivity index (χ2n) is 4.14. The largest absolute Gasteiger partial charge is 0.389 e. The summed E-state index contributed by atoms with van der Waals surface area (Å²) in [6.45, 7) is 0. The molecule has 0 saturated heterocycles. The number of carbonyl (C=O) groups excluding carboxylic acids is 1. The summed E-state index contributed by atoms with van der Waals surface area (Å²) >= 11 is 13.8. The molecule has 0 aliphatic rings. The number of anilines is 1. The lowest BCUT2D eigenvalue weighted by Crippen LogP contribution is -2.15. The topological polar surface area (TPSA) is 55.1 Å². The van der Waals surface area contributed by atoms with Gasteiger partial charge in [-0.1, -0.05) is 23.8 Å². The number of thiocarbonyl (C=S) groups is 1. The van der Waals surface area contributed by atoms with Crippen molar-refractivity contribution in [3.8, 4) is 0 Å². The van der Waals surface area contributed by atoms with Crippen LogP contribution in [0.4, 0.5) is 10.1 Å². The lowest BCUT2D eigenvalue weighted by Gasteiger charge is -2.09. The van der Waals surface area contributed by atoms with E-state index in [0.717, 1.165) is 6.07 Å². The Labute approximate surface area is 139 Å². The molecule has 3 nitrogen and oxygen atoms in total. The maximum Gasteiger partial charge on any atom is 0.258 e. The molecule has 0 atom stereocenters. The molecule has 7 heteroatoms. The van der Waals surface area contributed by atoms with E-state index in [1.165, 1.54) is 12.1 Å². The number of amides is 1. The van der Waals surface area contributed by atoms with E-state index in [0.29, 0.717) is 15.7 Å². The number of hydrogen-bond donors (Lipinski definition) is 2. The Morgan fingerprint density at radius 1 is 1.29 bits per heavy atom. The first-order valence-corrected chi connectivity index (χ1v) is 7.32. The zero-order valence-electron chi connectivity index (χ0n) is 10.5. The first-order valence-electron chi connectivity index (χ1n) is 5.74. The highest BCUT2D eigenvalue weighted by Crippen LogP contribution is 2.25. The number of hydrogen-bond acceptors (Lipinski definition) is 2. The van der Waals surface area contributed by atoms with Crippen molar-refractivity contribution in [1.29, 1.82) is 0 Å². The Morgan fingerprint density at radius 2 is 2.00 bits per heavy atom. The Hall–Kier alpha value is -1.50. The van der Waals surface area contributed by atoms with Gasteiger partial charge in [-0.3, -0.25) is 4.79 Å². The molecule has 21 heavy (non-hydrogen) atoms. The highest BCUT2D eigenvalue weighted by atomic mass is 79.9. The molecule has 0 fully saturated rings. The van der Waals surface area contributed by atoms with Gasteiger partial charge in [0.15, 0.2) is 0 Å². The maximum atomic E-state index is 13.7. The van der Waals surface area contributed by atoms with Crippen LogP contribution in [0.1, 0.15) is 15.9 Å². The van der Waals surface area contributed by atoms with Crippen LogP contribution < -0.4 is 11.1 Å². The fourth-order valence-corrected chi connectivity index (χ4v) is 2.40. The average molecular weight is 388 g/mol. The van der Waals surface area contributed by atoms with E-state index in [1.807, 2.05) is 0 Å². The van der Waals surface area contributed by atoms with Crippen molar-refractivity contribution in [2.45, 2.75) is 0 Å². The van der Waals surface area contributed by atoms with Crippen LogP contribution in [0.2, 0.25) is 5.02 Å². The summed E-state index contributed by atoms with van der Waals surface area (Å²) in [7, 11) is 0. The molecule has 0 heterocycles. The quantitative estimate of drug-likeness (QED) is 0.779. The SMILES string of the molecule is NC(=S)c1ccc(NC(=O)c2ccc(Cl)cc2F)c(Br)c1. The molecule has 2 aromatic carbocycles. The van der Waals surface area contributed by atoms with E-state index in [-0.39, 0.29) is 15.6 Å². The summed E-state index contributed by atoms with van der Waals surface area (Å²) in [5.74, 6) is -1.26. The van der Waals surface area contributed by atoms with E-state index in [4.69, 9.17) is 29.6 Å². The van der Waals surface area contributed by atoms with Gasteiger partial charge in [0, 0.05) is 15.1 Å². The second kappa shape index (κ2) is 6.51. The summed E-state index contributed by atoms with van der Waals surface area (Å²) in [4.78, 5) is 12.3. The maximum absolute atomic E-state index is 13.7. The van der Waals surface area contributed by atoms with Gasteiger partial charge in [0.05, 0.1) is 11.3 Å². The number of nitrogens with two attached hydrogens (primary N) is 1. The normalized spacial score (nSPS) is 10.2. The van der Waals surface area contributed by atoms with Crippen LogP contribution >= 0.6 is 39.7 Å². The van der Waals surface area contributed by atoms with Gasteiger partial charge in [-0.05, 0) is 52.3 Å². The van der Waals surface area contributed by atoms with Crippen molar-refractivity contribution in [1.82, 2.24) is 0 Å². The van der Waals surface area contributed by atoms with E-state index in [2.05, 4.69) is 21.2 Å². The number of benzene rings is 2. The molecule has 1 amide bonds. The predicted molar refractivity (Wildman–Crippen MR) is 89.4 cm³/mol. The molecule has 2 rings (SSSR count). The monoisotopic (exact) mass is 386 g/mol. The molecule has 0 unspecified atom stereocenters. The number of rotatable bonds is 3. The predicted octanol–water partition coefficient (Wildman–Crippen LogP) is 4.13. The molecule has 0 radical (unpaired) electrons. The van der Waals surface area contributed by atoms with Gasteiger partial charge in [-0.2, -0.15) is 0 Å². The smallest absolute Gasteiger partial charge is 0.258 e. The molecule has 108 valence electrons. The van der Waals surface area contributed by atoms with E-state index >= 15 is 0 Å². The molecule has 0 aliphatic carbocycles. The molecule has 0 spiro atoms. The molecule has 0 aromatic heterocycles. The van der Waals surface area contributed by atoms with Crippen molar-refractivity contribution >= 4 is 56.3 Å². The Kier molecular flexibility index (Phi) is 4.92. The van der Waals surface area contributed by atoms with Gasteiger partial charge in [0.25, 0.3) is 5.91 Å². The lowest BCUT2D eigenvalue weighted by molar-refractivity contribution is 0.102. The fourth-order valence-electron chi connectivity index (χ4n) is 1.63. The van der Waals surface area contributed by atoms with Gasteiger partial charge in [-0.15, -0.1) is 0 Å². The lowest BCUT2D eigenvalue weighted by atomic mass is 10.1. The second-order valence-corrected chi connectivity index (χ2v) is 5.87. The van der Waals surface area contributed by atoms with E-state index in [9.17, 15) is 9.18 Å². The summed E-state index contributed by atoms with van der Waals surface area (Å²) < 4.78 is 14.3. The van der Waals surface area contributed by atoms with Crippen LogP contribution in [-0.4, -0.2) is 10.9 Å². The van der Waals surface area contributed by atoms with Crippen molar-refractivity contribution in [3.05, 3.63) is 62.8 Å². The van der Waals surface area contributed by atoms with Gasteiger partial charge in [-0.25, -0.2) is 4.39 Å².